The quantitative estimate of drug-likeness (QED) is 0.714. The summed E-state index contributed by atoms with van der Waals surface area (Å²) in [7, 11) is -2.03. The summed E-state index contributed by atoms with van der Waals surface area (Å²) in [6.45, 7) is 2.14. The molecule has 120 valence electrons. The predicted octanol–water partition coefficient (Wildman–Crippen LogP) is 0.937. The number of nitrogens with zero attached hydrogens (tertiary/aromatic N) is 2. The van der Waals surface area contributed by atoms with Gasteiger partial charge in [0.2, 0.25) is 5.03 Å². The van der Waals surface area contributed by atoms with Gasteiger partial charge in [-0.3, -0.25) is 0 Å². The van der Waals surface area contributed by atoms with E-state index in [9.17, 15) is 8.42 Å². The lowest BCUT2D eigenvalue weighted by Gasteiger charge is -2.10. The number of rotatable bonds is 8. The molecular weight excluding hydrogens is 318 g/mol. The van der Waals surface area contributed by atoms with Gasteiger partial charge in [0.05, 0.1) is 19.0 Å². The fourth-order valence-corrected chi connectivity index (χ4v) is 3.51. The second-order valence-electron chi connectivity index (χ2n) is 4.91. The molecule has 1 aliphatic rings. The van der Waals surface area contributed by atoms with Gasteiger partial charge in [-0.05, 0) is 19.3 Å². The van der Waals surface area contributed by atoms with Gasteiger partial charge in [0.25, 0.3) is 10.0 Å². The van der Waals surface area contributed by atoms with Crippen LogP contribution in [0.25, 0.3) is 0 Å². The number of hydrogen-bond acceptors (Lipinski definition) is 5. The van der Waals surface area contributed by atoms with Gasteiger partial charge in [-0.2, -0.15) is 0 Å². The van der Waals surface area contributed by atoms with Crippen molar-refractivity contribution in [1.82, 2.24) is 14.3 Å². The summed E-state index contributed by atoms with van der Waals surface area (Å²) < 4.78 is 38.7. The summed E-state index contributed by atoms with van der Waals surface area (Å²) in [4.78, 5) is 3.79. The average Bonchev–Trinajstić information content (AvgIpc) is 3.05. The molecule has 0 spiro atoms. The van der Waals surface area contributed by atoms with Crippen molar-refractivity contribution < 1.29 is 17.9 Å². The number of nitrogens with one attached hydrogen (secondary N) is 1. The largest absolute Gasteiger partial charge is 0.379 e. The molecule has 1 aromatic rings. The Morgan fingerprint density at radius 2 is 2.43 bits per heavy atom. The van der Waals surface area contributed by atoms with E-state index in [1.807, 2.05) is 0 Å². The molecular formula is C12H20ClN3O4S. The summed E-state index contributed by atoms with van der Waals surface area (Å²) in [5, 5.41) is -0.0518. The second kappa shape index (κ2) is 7.55. The van der Waals surface area contributed by atoms with Crippen LogP contribution in [0.5, 0.6) is 0 Å². The number of halogens is 1. The molecule has 2 heterocycles. The summed E-state index contributed by atoms with van der Waals surface area (Å²) in [6, 6.07) is 0. The Hall–Kier alpha value is -0.670. The van der Waals surface area contributed by atoms with Crippen LogP contribution in [-0.4, -0.2) is 50.4 Å². The van der Waals surface area contributed by atoms with E-state index >= 15 is 0 Å². The molecule has 0 unspecified atom stereocenters. The van der Waals surface area contributed by atoms with Crippen LogP contribution in [0.15, 0.2) is 11.4 Å². The molecule has 2 rings (SSSR count). The minimum absolute atomic E-state index is 0.0946. The van der Waals surface area contributed by atoms with E-state index in [4.69, 9.17) is 21.1 Å². The zero-order valence-electron chi connectivity index (χ0n) is 11.9. The first-order valence-corrected chi connectivity index (χ1v) is 8.72. The SMILES string of the molecule is Cn1cnc(S(=O)(=O)NCCCOC[C@H]2CCCO2)c1Cl. The number of hydrogen-bond donors (Lipinski definition) is 1. The molecule has 7 nitrogen and oxygen atoms in total. The van der Waals surface area contributed by atoms with E-state index in [0.29, 0.717) is 19.6 Å². The molecule has 1 aromatic heterocycles. The highest BCUT2D eigenvalue weighted by Crippen LogP contribution is 2.18. The van der Waals surface area contributed by atoms with E-state index in [-0.39, 0.29) is 22.8 Å². The number of imidazole rings is 1. The predicted molar refractivity (Wildman–Crippen MR) is 77.8 cm³/mol. The molecule has 0 aromatic carbocycles. The van der Waals surface area contributed by atoms with Gasteiger partial charge in [-0.1, -0.05) is 11.6 Å². The molecule has 1 aliphatic heterocycles. The maximum Gasteiger partial charge on any atom is 0.261 e. The molecule has 0 saturated carbocycles. The average molecular weight is 338 g/mol. The minimum atomic E-state index is -3.67. The van der Waals surface area contributed by atoms with Crippen molar-refractivity contribution in [3.05, 3.63) is 11.5 Å². The van der Waals surface area contributed by atoms with Crippen LogP contribution in [0.1, 0.15) is 19.3 Å². The molecule has 0 radical (unpaired) electrons. The Bertz CT molecular complexity index is 555. The summed E-state index contributed by atoms with van der Waals surface area (Å²) in [6.07, 6.45) is 4.25. The summed E-state index contributed by atoms with van der Waals surface area (Å²) in [5.74, 6) is 0. The molecule has 1 N–H and O–H groups in total. The monoisotopic (exact) mass is 337 g/mol. The molecule has 9 heteroatoms. The highest BCUT2D eigenvalue weighted by atomic mass is 35.5. The lowest BCUT2D eigenvalue weighted by molar-refractivity contribution is 0.0169. The zero-order chi connectivity index (χ0) is 15.3. The van der Waals surface area contributed by atoms with Crippen molar-refractivity contribution in [1.29, 1.82) is 0 Å². The first-order chi connectivity index (χ1) is 10.0. The standard InChI is InChI=1S/C12H20ClN3O4S/c1-16-9-14-12(11(16)13)21(17,18)15-5-3-6-19-8-10-4-2-7-20-10/h9-10,15H,2-8H2,1H3/t10-/m1/s1. The molecule has 21 heavy (non-hydrogen) atoms. The molecule has 0 aliphatic carbocycles. The Labute approximate surface area is 129 Å². The number of aromatic nitrogens is 2. The Morgan fingerprint density at radius 3 is 3.05 bits per heavy atom. The van der Waals surface area contributed by atoms with Crippen LogP contribution in [-0.2, 0) is 26.5 Å². The number of ether oxygens (including phenoxy) is 2. The Morgan fingerprint density at radius 1 is 1.62 bits per heavy atom. The summed E-state index contributed by atoms with van der Waals surface area (Å²) >= 11 is 5.87. The first kappa shape index (κ1) is 16.7. The maximum atomic E-state index is 12.0. The molecule has 0 amide bonds. The molecule has 1 fully saturated rings. The van der Waals surface area contributed by atoms with Gasteiger partial charge in [0, 0.05) is 26.8 Å². The molecule has 0 bridgehead atoms. The van der Waals surface area contributed by atoms with Crippen molar-refractivity contribution in [2.24, 2.45) is 7.05 Å². The lowest BCUT2D eigenvalue weighted by atomic mass is 10.2. The zero-order valence-corrected chi connectivity index (χ0v) is 13.5. The van der Waals surface area contributed by atoms with Crippen molar-refractivity contribution in [2.75, 3.05) is 26.4 Å². The number of sulfonamides is 1. The topological polar surface area (TPSA) is 82.5 Å². The van der Waals surface area contributed by atoms with E-state index in [2.05, 4.69) is 9.71 Å². The normalized spacial score (nSPS) is 19.2. The van der Waals surface area contributed by atoms with Gasteiger partial charge < -0.3 is 14.0 Å². The van der Waals surface area contributed by atoms with Crippen LogP contribution >= 0.6 is 11.6 Å². The van der Waals surface area contributed by atoms with Crippen LogP contribution < -0.4 is 4.72 Å². The van der Waals surface area contributed by atoms with Gasteiger partial charge in [0.1, 0.15) is 5.15 Å². The van der Waals surface area contributed by atoms with Crippen molar-refractivity contribution >= 4 is 21.6 Å². The Kier molecular flexibility index (Phi) is 6.00. The maximum absolute atomic E-state index is 12.0. The van der Waals surface area contributed by atoms with Crippen LogP contribution in [0.2, 0.25) is 5.15 Å². The molecule has 1 atom stereocenters. The van der Waals surface area contributed by atoms with E-state index < -0.39 is 10.0 Å². The van der Waals surface area contributed by atoms with Gasteiger partial charge in [0.15, 0.2) is 0 Å². The highest BCUT2D eigenvalue weighted by Gasteiger charge is 2.21. The molecule has 1 saturated heterocycles. The third kappa shape index (κ3) is 4.65. The van der Waals surface area contributed by atoms with Crippen LogP contribution in [0.3, 0.4) is 0 Å². The van der Waals surface area contributed by atoms with E-state index in [1.54, 1.807) is 7.05 Å². The number of aryl methyl sites for hydroxylation is 1. The smallest absolute Gasteiger partial charge is 0.261 e. The summed E-state index contributed by atoms with van der Waals surface area (Å²) in [5.41, 5.74) is 0. The van der Waals surface area contributed by atoms with Crippen molar-refractivity contribution in [2.45, 2.75) is 30.4 Å². The van der Waals surface area contributed by atoms with Gasteiger partial charge in [-0.15, -0.1) is 0 Å². The van der Waals surface area contributed by atoms with Crippen LogP contribution in [0, 0.1) is 0 Å². The Balaban J connectivity index is 1.66. The van der Waals surface area contributed by atoms with Crippen molar-refractivity contribution in [3.63, 3.8) is 0 Å². The lowest BCUT2D eigenvalue weighted by Crippen LogP contribution is -2.26. The van der Waals surface area contributed by atoms with E-state index in [1.165, 1.54) is 10.9 Å². The third-order valence-electron chi connectivity index (χ3n) is 3.17. The first-order valence-electron chi connectivity index (χ1n) is 6.86. The fourth-order valence-electron chi connectivity index (χ4n) is 2.01. The van der Waals surface area contributed by atoms with Gasteiger partial charge >= 0.3 is 0 Å². The van der Waals surface area contributed by atoms with E-state index in [0.717, 1.165) is 19.4 Å². The third-order valence-corrected chi connectivity index (χ3v) is 5.12. The van der Waals surface area contributed by atoms with Crippen LogP contribution in [0.4, 0.5) is 0 Å². The fraction of sp³-hybridized carbons (Fsp3) is 0.750. The minimum Gasteiger partial charge on any atom is -0.379 e. The second-order valence-corrected chi connectivity index (χ2v) is 6.95. The van der Waals surface area contributed by atoms with Crippen molar-refractivity contribution in [3.8, 4) is 0 Å². The van der Waals surface area contributed by atoms with Gasteiger partial charge in [-0.25, -0.2) is 18.1 Å². The highest BCUT2D eigenvalue weighted by molar-refractivity contribution is 7.89.